The van der Waals surface area contributed by atoms with E-state index in [1.54, 1.807) is 0 Å². The maximum absolute atomic E-state index is 3.70. The van der Waals surface area contributed by atoms with E-state index in [1.807, 2.05) is 18.2 Å². The summed E-state index contributed by atoms with van der Waals surface area (Å²) in [7, 11) is 0. The summed E-state index contributed by atoms with van der Waals surface area (Å²) in [6, 6.07) is 45.8. The average Bonchev–Trinajstić information content (AvgIpc) is 3.46. The molecule has 0 spiro atoms. The van der Waals surface area contributed by atoms with Gasteiger partial charge in [0, 0.05) is 49.3 Å². The van der Waals surface area contributed by atoms with Crippen molar-refractivity contribution in [2.45, 2.75) is 0 Å². The van der Waals surface area contributed by atoms with Crippen LogP contribution in [0.1, 0.15) is 0 Å². The van der Waals surface area contributed by atoms with E-state index in [-0.39, 0.29) is 32.7 Å². The third-order valence-corrected chi connectivity index (χ3v) is 6.55. The van der Waals surface area contributed by atoms with E-state index in [4.69, 9.17) is 0 Å². The van der Waals surface area contributed by atoms with E-state index in [2.05, 4.69) is 125 Å². The van der Waals surface area contributed by atoms with Gasteiger partial charge in [0.1, 0.15) is 0 Å². The summed E-state index contributed by atoms with van der Waals surface area (Å²) in [4.78, 5) is 0. The minimum atomic E-state index is 0. The summed E-state index contributed by atoms with van der Waals surface area (Å²) < 4.78 is 4.48. The maximum atomic E-state index is 3.70. The van der Waals surface area contributed by atoms with Crippen molar-refractivity contribution in [3.63, 3.8) is 0 Å². The molecule has 3 heteroatoms. The van der Waals surface area contributed by atoms with Gasteiger partial charge in [0.15, 0.2) is 0 Å². The number of nitrogens with zero attached hydrogens (tertiary/aromatic N) is 2. The zero-order valence-corrected chi connectivity index (χ0v) is 21.9. The molecule has 2 aromatic heterocycles. The monoisotopic (exact) mass is 521 g/mol. The first-order valence-corrected chi connectivity index (χ1v) is 11.5. The average molecular weight is 521 g/mol. The van der Waals surface area contributed by atoms with Gasteiger partial charge in [-0.3, -0.25) is 0 Å². The van der Waals surface area contributed by atoms with Gasteiger partial charge in [-0.05, 0) is 41.4 Å². The van der Waals surface area contributed by atoms with E-state index in [9.17, 15) is 0 Å². The van der Waals surface area contributed by atoms with Crippen molar-refractivity contribution in [3.8, 4) is 22.5 Å². The standard InChI is InChI=1S/C32H20N2.Y/c1-3-12-23(13-4-1)33-22-28(25-16-7-9-19-29(25)33)26-18-11-21-31-32(26)27-17-8-10-20-30(27)34(31)24-14-5-2-6-15-24;/h1-12,14-21H;/q-2;. The largest absolute Gasteiger partial charge is 0.439 e. The third kappa shape index (κ3) is 3.48. The summed E-state index contributed by atoms with van der Waals surface area (Å²) in [5.41, 5.74) is 7.98. The minimum absolute atomic E-state index is 0. The molecule has 0 amide bonds. The topological polar surface area (TPSA) is 9.86 Å². The van der Waals surface area contributed by atoms with Gasteiger partial charge < -0.3 is 9.13 Å². The van der Waals surface area contributed by atoms with Crippen LogP contribution in [0.15, 0.2) is 121 Å². The molecule has 0 N–H and O–H groups in total. The Morgan fingerprint density at radius 2 is 1.23 bits per heavy atom. The Kier molecular flexibility index (Phi) is 5.64. The van der Waals surface area contributed by atoms with Crippen LogP contribution >= 0.6 is 0 Å². The molecule has 5 aromatic carbocycles. The second-order valence-corrected chi connectivity index (χ2v) is 8.47. The smallest absolute Gasteiger partial charge is 0.0534 e. The van der Waals surface area contributed by atoms with Crippen LogP contribution in [0.25, 0.3) is 55.2 Å². The van der Waals surface area contributed by atoms with Crippen LogP contribution in [-0.4, -0.2) is 9.13 Å². The first-order valence-electron chi connectivity index (χ1n) is 11.5. The molecule has 0 bridgehead atoms. The van der Waals surface area contributed by atoms with Crippen molar-refractivity contribution >= 4 is 32.7 Å². The molecule has 2 heterocycles. The van der Waals surface area contributed by atoms with Crippen molar-refractivity contribution in [1.82, 2.24) is 9.13 Å². The van der Waals surface area contributed by atoms with E-state index in [0.29, 0.717) is 0 Å². The Labute approximate surface area is 229 Å². The van der Waals surface area contributed by atoms with Gasteiger partial charge in [-0.1, -0.05) is 89.3 Å². The molecule has 7 rings (SSSR count). The van der Waals surface area contributed by atoms with Crippen LogP contribution in [0.3, 0.4) is 0 Å². The van der Waals surface area contributed by atoms with Crippen LogP contribution in [0.5, 0.6) is 0 Å². The fourth-order valence-electron chi connectivity index (χ4n) is 5.11. The molecule has 1 radical (unpaired) electrons. The fraction of sp³-hybridized carbons (Fsp3) is 0. The Bertz CT molecular complexity index is 1790. The zero-order chi connectivity index (χ0) is 22.5. The second-order valence-electron chi connectivity index (χ2n) is 8.47. The predicted molar refractivity (Wildman–Crippen MR) is 141 cm³/mol. The predicted octanol–water partition coefficient (Wildman–Crippen LogP) is 7.99. The van der Waals surface area contributed by atoms with Crippen molar-refractivity contribution in [1.29, 1.82) is 0 Å². The Morgan fingerprint density at radius 3 is 2.03 bits per heavy atom. The molecule has 2 nitrogen and oxygen atoms in total. The number of rotatable bonds is 3. The molecular weight excluding hydrogens is 501 g/mol. The van der Waals surface area contributed by atoms with Crippen LogP contribution in [0, 0.1) is 12.3 Å². The number of para-hydroxylation sites is 4. The molecule has 0 aliphatic carbocycles. The molecule has 35 heavy (non-hydrogen) atoms. The number of fused-ring (bicyclic) bond motifs is 4. The minimum Gasteiger partial charge on any atom is -0.439 e. The van der Waals surface area contributed by atoms with Crippen molar-refractivity contribution in [2.75, 3.05) is 0 Å². The molecule has 0 aliphatic heterocycles. The fourth-order valence-corrected chi connectivity index (χ4v) is 5.11. The van der Waals surface area contributed by atoms with Crippen LogP contribution in [0.2, 0.25) is 0 Å². The van der Waals surface area contributed by atoms with Crippen molar-refractivity contribution in [3.05, 3.63) is 134 Å². The number of hydrogen-bond donors (Lipinski definition) is 0. The third-order valence-electron chi connectivity index (χ3n) is 6.55. The SMILES string of the molecule is [Y].[c-]1ccccc1-n1[c-]c(-c2cccc3c2c2ccccc2n3-c2ccccc2)c2ccccc21. The summed E-state index contributed by atoms with van der Waals surface area (Å²) in [5, 5.41) is 3.68. The van der Waals surface area contributed by atoms with Gasteiger partial charge in [-0.25, -0.2) is 6.07 Å². The van der Waals surface area contributed by atoms with E-state index in [1.165, 1.54) is 32.8 Å². The van der Waals surface area contributed by atoms with Crippen LogP contribution in [0.4, 0.5) is 0 Å². The molecule has 7 aromatic rings. The van der Waals surface area contributed by atoms with Gasteiger partial charge >= 0.3 is 0 Å². The van der Waals surface area contributed by atoms with Gasteiger partial charge in [-0.15, -0.1) is 5.69 Å². The van der Waals surface area contributed by atoms with E-state index < -0.39 is 0 Å². The number of aromatic nitrogens is 2. The van der Waals surface area contributed by atoms with Gasteiger partial charge in [0.2, 0.25) is 0 Å². The second kappa shape index (κ2) is 8.96. The molecule has 0 fully saturated rings. The van der Waals surface area contributed by atoms with E-state index in [0.717, 1.165) is 22.5 Å². The Balaban J connectivity index is 0.00000229. The van der Waals surface area contributed by atoms with Gasteiger partial charge in [0.25, 0.3) is 0 Å². The molecule has 0 aliphatic rings. The maximum Gasteiger partial charge on any atom is 0.0534 e. The zero-order valence-electron chi connectivity index (χ0n) is 19.0. The molecule has 0 saturated heterocycles. The molecule has 0 unspecified atom stereocenters. The summed E-state index contributed by atoms with van der Waals surface area (Å²) in [6.07, 6.45) is 3.70. The summed E-state index contributed by atoms with van der Waals surface area (Å²) in [5.74, 6) is 0. The normalized spacial score (nSPS) is 11.2. The van der Waals surface area contributed by atoms with Gasteiger partial charge in [-0.2, -0.15) is 24.3 Å². The van der Waals surface area contributed by atoms with Crippen LogP contribution in [-0.2, 0) is 32.7 Å². The number of hydrogen-bond acceptors (Lipinski definition) is 0. The van der Waals surface area contributed by atoms with Gasteiger partial charge in [0.05, 0.1) is 5.52 Å². The molecule has 0 atom stereocenters. The Morgan fingerprint density at radius 1 is 0.543 bits per heavy atom. The molecular formula is C32H20N2Y-2. The quantitative estimate of drug-likeness (QED) is 0.209. The first kappa shape index (κ1) is 22.0. The van der Waals surface area contributed by atoms with Crippen LogP contribution < -0.4 is 0 Å². The molecule has 0 saturated carbocycles. The first-order chi connectivity index (χ1) is 16.9. The van der Waals surface area contributed by atoms with Crippen molar-refractivity contribution in [2.24, 2.45) is 0 Å². The number of benzene rings is 5. The summed E-state index contributed by atoms with van der Waals surface area (Å²) >= 11 is 0. The Hall–Kier alpha value is -3.46. The van der Waals surface area contributed by atoms with E-state index >= 15 is 0 Å². The van der Waals surface area contributed by atoms with Crippen molar-refractivity contribution < 1.29 is 32.7 Å². The summed E-state index contributed by atoms with van der Waals surface area (Å²) in [6.45, 7) is 0. The molecule has 163 valence electrons.